The molecule has 9 heteroatoms. The summed E-state index contributed by atoms with van der Waals surface area (Å²) in [6, 6.07) is -0.820. The van der Waals surface area contributed by atoms with Gasteiger partial charge in [0.15, 0.2) is 6.29 Å². The van der Waals surface area contributed by atoms with Crippen LogP contribution >= 0.6 is 0 Å². The second-order valence-corrected chi connectivity index (χ2v) is 24.0. The molecule has 0 bridgehead atoms. The van der Waals surface area contributed by atoms with Crippen molar-refractivity contribution in [3.8, 4) is 0 Å². The molecule has 7 atom stereocenters. The quantitative estimate of drug-likeness (QED) is 0.0261. The number of aliphatic hydroxyl groups excluding tert-OH is 5. The number of carbonyl (C=O) groups is 1. The van der Waals surface area contributed by atoms with Gasteiger partial charge in [-0.3, -0.25) is 4.79 Å². The second kappa shape index (κ2) is 58.6. The minimum atomic E-state index is -1.57. The molecule has 1 aliphatic heterocycles. The zero-order valence-corrected chi connectivity index (χ0v) is 51.4. The Morgan fingerprint density at radius 2 is 0.731 bits per heavy atom. The molecule has 1 aliphatic rings. The van der Waals surface area contributed by atoms with E-state index in [2.05, 4.69) is 43.5 Å². The summed E-state index contributed by atoms with van der Waals surface area (Å²) in [6.45, 7) is 3.79. The van der Waals surface area contributed by atoms with Gasteiger partial charge in [-0.15, -0.1) is 0 Å². The Morgan fingerprint density at radius 1 is 0.423 bits per heavy atom. The summed E-state index contributed by atoms with van der Waals surface area (Å²) in [7, 11) is 0. The third kappa shape index (κ3) is 47.0. The van der Waals surface area contributed by atoms with Gasteiger partial charge in [-0.1, -0.05) is 314 Å². The molecule has 460 valence electrons. The Bertz CT molecular complexity index is 1320. The number of hydrogen-bond donors (Lipinski definition) is 6. The van der Waals surface area contributed by atoms with E-state index in [1.807, 2.05) is 6.08 Å². The van der Waals surface area contributed by atoms with Gasteiger partial charge in [-0.2, -0.15) is 0 Å². The average Bonchev–Trinajstić information content (AvgIpc) is 3.45. The number of aliphatic hydroxyl groups is 5. The van der Waals surface area contributed by atoms with E-state index < -0.39 is 49.5 Å². The van der Waals surface area contributed by atoms with Crippen LogP contribution in [0, 0.1) is 0 Å². The third-order valence-corrected chi connectivity index (χ3v) is 16.4. The van der Waals surface area contributed by atoms with E-state index >= 15 is 0 Å². The molecule has 1 fully saturated rings. The van der Waals surface area contributed by atoms with Crippen molar-refractivity contribution in [3.05, 3.63) is 36.5 Å². The summed E-state index contributed by atoms with van der Waals surface area (Å²) in [5.74, 6) is -0.180. The van der Waals surface area contributed by atoms with E-state index in [1.54, 1.807) is 6.08 Å². The molecule has 6 N–H and O–H groups in total. The first-order valence-corrected chi connectivity index (χ1v) is 34.2. The number of hydrogen-bond acceptors (Lipinski definition) is 8. The number of carbonyl (C=O) groups excluding carboxylic acids is 1. The van der Waals surface area contributed by atoms with Crippen molar-refractivity contribution in [2.75, 3.05) is 13.2 Å². The van der Waals surface area contributed by atoms with Gasteiger partial charge in [0.05, 0.1) is 25.4 Å². The Hall–Kier alpha value is -1.59. The van der Waals surface area contributed by atoms with Crippen LogP contribution in [-0.4, -0.2) is 87.5 Å². The summed E-state index contributed by atoms with van der Waals surface area (Å²) in [5.41, 5.74) is 0. The molecule has 0 aromatic carbocycles. The monoisotopic (exact) mass is 1100 g/mol. The van der Waals surface area contributed by atoms with Crippen LogP contribution in [0.15, 0.2) is 36.5 Å². The molecule has 78 heavy (non-hydrogen) atoms. The van der Waals surface area contributed by atoms with Crippen LogP contribution in [0.3, 0.4) is 0 Å². The highest BCUT2D eigenvalue weighted by Crippen LogP contribution is 2.23. The van der Waals surface area contributed by atoms with Gasteiger partial charge in [0.2, 0.25) is 5.91 Å². The van der Waals surface area contributed by atoms with Gasteiger partial charge < -0.3 is 40.3 Å². The van der Waals surface area contributed by atoms with E-state index in [0.29, 0.717) is 6.42 Å². The Labute approximate surface area is 482 Å². The third-order valence-electron chi connectivity index (χ3n) is 16.4. The lowest BCUT2D eigenvalue weighted by Crippen LogP contribution is -2.60. The predicted molar refractivity (Wildman–Crippen MR) is 332 cm³/mol. The molecular weight excluding hydrogens is 971 g/mol. The fourth-order valence-electron chi connectivity index (χ4n) is 11.1. The summed E-state index contributed by atoms with van der Waals surface area (Å²) < 4.78 is 11.3. The zero-order valence-electron chi connectivity index (χ0n) is 51.4. The van der Waals surface area contributed by atoms with E-state index in [0.717, 1.165) is 38.5 Å². The molecule has 1 saturated heterocycles. The maximum Gasteiger partial charge on any atom is 0.220 e. The SMILES string of the molecule is CCCCCCCCCC/C=C\CCCCCCCCCCCCCCCCCCCCCCCCCCCCCC(=O)NC(COC1OC(CO)C(O)C(O)C1O)C(O)/C=C/CC/C=C/CCCCCCCCCCCC. The highest BCUT2D eigenvalue weighted by Gasteiger charge is 2.44. The van der Waals surface area contributed by atoms with Crippen molar-refractivity contribution in [1.29, 1.82) is 0 Å². The van der Waals surface area contributed by atoms with Gasteiger partial charge in [0, 0.05) is 6.42 Å². The minimum absolute atomic E-state index is 0.180. The molecule has 0 aromatic rings. The molecule has 1 rings (SSSR count). The van der Waals surface area contributed by atoms with Crippen LogP contribution in [-0.2, 0) is 14.3 Å². The fourth-order valence-corrected chi connectivity index (χ4v) is 11.1. The predicted octanol–water partition coefficient (Wildman–Crippen LogP) is 18.3. The Balaban J connectivity index is 2.04. The molecule has 0 spiro atoms. The maximum absolute atomic E-state index is 13.1. The molecule has 0 aromatic heterocycles. The van der Waals surface area contributed by atoms with Crippen LogP contribution in [0.4, 0.5) is 0 Å². The van der Waals surface area contributed by atoms with Gasteiger partial charge in [-0.25, -0.2) is 0 Å². The first-order chi connectivity index (χ1) is 38.3. The van der Waals surface area contributed by atoms with Crippen molar-refractivity contribution in [2.24, 2.45) is 0 Å². The first kappa shape index (κ1) is 74.4. The summed E-state index contributed by atoms with van der Waals surface area (Å²) >= 11 is 0. The molecule has 0 radical (unpaired) electrons. The van der Waals surface area contributed by atoms with Crippen molar-refractivity contribution in [1.82, 2.24) is 5.32 Å². The maximum atomic E-state index is 13.1. The number of rotatable bonds is 60. The lowest BCUT2D eigenvalue weighted by Gasteiger charge is -2.40. The standard InChI is InChI=1S/C69H131NO8/c1-3-5-7-9-11-13-15-17-19-21-22-23-24-25-26-27-28-29-30-31-32-33-34-35-36-37-38-39-40-41-42-43-45-47-49-51-53-55-57-59-65(73)70-62(61-77-69-68(76)67(75)66(74)64(60-71)78-69)63(72)58-56-54-52-50-48-46-44-20-18-16-14-12-10-8-6-4-2/h21-22,48,50,56,58,62-64,66-69,71-72,74-76H,3-20,23-47,49,51-55,57,59-61H2,1-2H3,(H,70,73)/b22-21-,50-48+,58-56+. The summed E-state index contributed by atoms with van der Waals surface area (Å²) in [5, 5.41) is 54.6. The highest BCUT2D eigenvalue weighted by atomic mass is 16.7. The van der Waals surface area contributed by atoms with Gasteiger partial charge >= 0.3 is 0 Å². The van der Waals surface area contributed by atoms with Crippen LogP contribution < -0.4 is 5.32 Å². The van der Waals surface area contributed by atoms with Crippen LogP contribution in [0.5, 0.6) is 0 Å². The molecule has 0 saturated carbocycles. The second-order valence-electron chi connectivity index (χ2n) is 24.0. The Morgan fingerprint density at radius 3 is 1.08 bits per heavy atom. The van der Waals surface area contributed by atoms with Crippen LogP contribution in [0.1, 0.15) is 341 Å². The molecule has 0 aliphatic carbocycles. The van der Waals surface area contributed by atoms with Crippen LogP contribution in [0.2, 0.25) is 0 Å². The summed E-state index contributed by atoms with van der Waals surface area (Å²) in [4.78, 5) is 13.1. The van der Waals surface area contributed by atoms with Crippen LogP contribution in [0.25, 0.3) is 0 Å². The van der Waals surface area contributed by atoms with Crippen molar-refractivity contribution >= 4 is 5.91 Å². The largest absolute Gasteiger partial charge is 0.394 e. The van der Waals surface area contributed by atoms with Crippen molar-refractivity contribution in [3.63, 3.8) is 0 Å². The molecule has 7 unspecified atom stereocenters. The van der Waals surface area contributed by atoms with Crippen molar-refractivity contribution < 1.29 is 39.8 Å². The summed E-state index contributed by atoms with van der Waals surface area (Å²) in [6.07, 6.45) is 71.3. The minimum Gasteiger partial charge on any atom is -0.394 e. The fraction of sp³-hybridized carbons (Fsp3) is 0.899. The molecule has 1 amide bonds. The van der Waals surface area contributed by atoms with Gasteiger partial charge in [-0.05, 0) is 57.8 Å². The lowest BCUT2D eigenvalue weighted by atomic mass is 9.99. The van der Waals surface area contributed by atoms with Crippen molar-refractivity contribution in [2.45, 2.75) is 384 Å². The van der Waals surface area contributed by atoms with E-state index in [4.69, 9.17) is 9.47 Å². The molecule has 1 heterocycles. The number of nitrogens with one attached hydrogen (secondary N) is 1. The van der Waals surface area contributed by atoms with E-state index in [-0.39, 0.29) is 12.5 Å². The topological polar surface area (TPSA) is 149 Å². The van der Waals surface area contributed by atoms with Gasteiger partial charge in [0.1, 0.15) is 24.4 Å². The van der Waals surface area contributed by atoms with E-state index in [9.17, 15) is 30.3 Å². The normalized spacial score (nSPS) is 18.8. The number of allylic oxidation sites excluding steroid dienone is 5. The first-order valence-electron chi connectivity index (χ1n) is 34.2. The smallest absolute Gasteiger partial charge is 0.220 e. The average molecular weight is 1100 g/mol. The number of ether oxygens (including phenoxy) is 2. The lowest BCUT2D eigenvalue weighted by molar-refractivity contribution is -0.302. The highest BCUT2D eigenvalue weighted by molar-refractivity contribution is 5.76. The van der Waals surface area contributed by atoms with Gasteiger partial charge in [0.25, 0.3) is 0 Å². The molecular formula is C69H131NO8. The molecule has 9 nitrogen and oxygen atoms in total. The van der Waals surface area contributed by atoms with E-state index in [1.165, 1.54) is 283 Å². The Kier molecular flexibility index (Phi) is 55.9. The number of amides is 1. The number of unbranched alkanes of at least 4 members (excludes halogenated alkanes) is 46. The zero-order chi connectivity index (χ0) is 56.5.